The van der Waals surface area contributed by atoms with Crippen molar-refractivity contribution >= 4 is 11.8 Å². The fraction of sp³-hybridized carbons (Fsp3) is 1.00. The zero-order valence-electron chi connectivity index (χ0n) is 14.6. The molecular formula is C19H40OS. The van der Waals surface area contributed by atoms with Gasteiger partial charge in [0, 0.05) is 6.61 Å². The number of aliphatic hydroxyl groups excluding tert-OH is 1. The molecule has 0 aliphatic rings. The predicted molar refractivity (Wildman–Crippen MR) is 99.3 cm³/mol. The van der Waals surface area contributed by atoms with Crippen LogP contribution >= 0.6 is 11.8 Å². The third kappa shape index (κ3) is 20.3. The molecule has 0 radical (unpaired) electrons. The summed E-state index contributed by atoms with van der Waals surface area (Å²) >= 11 is 2.16. The van der Waals surface area contributed by atoms with Gasteiger partial charge >= 0.3 is 0 Å². The highest BCUT2D eigenvalue weighted by Crippen LogP contribution is 2.14. The summed E-state index contributed by atoms with van der Waals surface area (Å²) in [5.74, 6) is 2.75. The van der Waals surface area contributed by atoms with E-state index in [-0.39, 0.29) is 0 Å². The Labute approximate surface area is 138 Å². The molecule has 21 heavy (non-hydrogen) atoms. The molecule has 0 saturated carbocycles. The van der Waals surface area contributed by atoms with Crippen LogP contribution in [0.5, 0.6) is 0 Å². The van der Waals surface area contributed by atoms with Crippen molar-refractivity contribution in [1.29, 1.82) is 0 Å². The summed E-state index contributed by atoms with van der Waals surface area (Å²) in [6, 6.07) is 0. The van der Waals surface area contributed by atoms with Crippen LogP contribution in [0.2, 0.25) is 0 Å². The molecule has 0 rings (SSSR count). The molecule has 0 bridgehead atoms. The molecule has 0 heterocycles. The van der Waals surface area contributed by atoms with Crippen molar-refractivity contribution in [2.75, 3.05) is 18.1 Å². The quantitative estimate of drug-likeness (QED) is 0.288. The molecular weight excluding hydrogens is 276 g/mol. The number of unbranched alkanes of at least 4 members (excludes halogenated alkanes) is 13. The molecule has 0 amide bonds. The first-order chi connectivity index (χ1) is 10.4. The van der Waals surface area contributed by atoms with Crippen LogP contribution in [0.25, 0.3) is 0 Å². The number of aliphatic hydroxyl groups is 1. The summed E-state index contributed by atoms with van der Waals surface area (Å²) in [5, 5.41) is 8.69. The molecule has 0 atom stereocenters. The van der Waals surface area contributed by atoms with Crippen molar-refractivity contribution < 1.29 is 5.11 Å². The Bertz CT molecular complexity index is 155. The molecule has 0 aromatic heterocycles. The van der Waals surface area contributed by atoms with Crippen LogP contribution in [0, 0.1) is 0 Å². The first-order valence-electron chi connectivity index (χ1n) is 9.60. The topological polar surface area (TPSA) is 20.2 Å². The molecule has 128 valence electrons. The molecule has 0 fully saturated rings. The number of rotatable bonds is 18. The van der Waals surface area contributed by atoms with Gasteiger partial charge in [0.1, 0.15) is 0 Å². The van der Waals surface area contributed by atoms with Crippen molar-refractivity contribution in [3.05, 3.63) is 0 Å². The van der Waals surface area contributed by atoms with Crippen LogP contribution in [-0.4, -0.2) is 23.2 Å². The minimum Gasteiger partial charge on any atom is -0.396 e. The van der Waals surface area contributed by atoms with E-state index in [2.05, 4.69) is 18.7 Å². The van der Waals surface area contributed by atoms with Gasteiger partial charge in [0.05, 0.1) is 0 Å². The van der Waals surface area contributed by atoms with Crippen molar-refractivity contribution in [3.63, 3.8) is 0 Å². The zero-order valence-corrected chi connectivity index (χ0v) is 15.4. The summed E-state index contributed by atoms with van der Waals surface area (Å²) in [4.78, 5) is 0. The van der Waals surface area contributed by atoms with E-state index >= 15 is 0 Å². The molecule has 1 nitrogen and oxygen atoms in total. The number of thioether (sulfide) groups is 1. The van der Waals surface area contributed by atoms with Crippen LogP contribution in [0.4, 0.5) is 0 Å². The SMILES string of the molecule is CCCCCCCCCCSCCCCCCCCCO. The highest BCUT2D eigenvalue weighted by Gasteiger charge is 1.94. The molecule has 0 unspecified atom stereocenters. The third-order valence-corrected chi connectivity index (χ3v) is 5.24. The normalized spacial score (nSPS) is 11.1. The van der Waals surface area contributed by atoms with Gasteiger partial charge < -0.3 is 5.11 Å². The third-order valence-electron chi connectivity index (χ3n) is 4.09. The van der Waals surface area contributed by atoms with E-state index in [0.29, 0.717) is 6.61 Å². The van der Waals surface area contributed by atoms with E-state index in [4.69, 9.17) is 5.11 Å². The van der Waals surface area contributed by atoms with E-state index in [1.807, 2.05) is 0 Å². The predicted octanol–water partition coefficient (Wildman–Crippen LogP) is 6.58. The second kappa shape index (κ2) is 20.3. The van der Waals surface area contributed by atoms with Gasteiger partial charge in [0.2, 0.25) is 0 Å². The summed E-state index contributed by atoms with van der Waals surface area (Å²) < 4.78 is 0. The van der Waals surface area contributed by atoms with Crippen LogP contribution < -0.4 is 0 Å². The minimum atomic E-state index is 0.370. The van der Waals surface area contributed by atoms with Crippen LogP contribution in [0.1, 0.15) is 103 Å². The second-order valence-corrected chi connectivity index (χ2v) is 7.51. The highest BCUT2D eigenvalue weighted by atomic mass is 32.2. The van der Waals surface area contributed by atoms with Crippen molar-refractivity contribution in [2.45, 2.75) is 103 Å². The highest BCUT2D eigenvalue weighted by molar-refractivity contribution is 7.99. The van der Waals surface area contributed by atoms with Crippen molar-refractivity contribution in [2.24, 2.45) is 0 Å². The van der Waals surface area contributed by atoms with Gasteiger partial charge in [-0.2, -0.15) is 11.8 Å². The average molecular weight is 317 g/mol. The second-order valence-electron chi connectivity index (χ2n) is 6.29. The van der Waals surface area contributed by atoms with E-state index in [1.165, 1.54) is 101 Å². The van der Waals surface area contributed by atoms with Gasteiger partial charge in [-0.15, -0.1) is 0 Å². The maximum Gasteiger partial charge on any atom is 0.0431 e. The Balaban J connectivity index is 2.90. The molecule has 2 heteroatoms. The summed E-state index contributed by atoms with van der Waals surface area (Å²) in [6.45, 7) is 2.66. The standard InChI is InChI=1S/C19H40OS/c1-2-3-4-5-6-9-12-15-18-21-19-16-13-10-7-8-11-14-17-20/h20H,2-19H2,1H3. The lowest BCUT2D eigenvalue weighted by Crippen LogP contribution is -1.87. The summed E-state index contributed by atoms with van der Waals surface area (Å²) in [5.41, 5.74) is 0. The van der Waals surface area contributed by atoms with Crippen LogP contribution in [0.3, 0.4) is 0 Å². The minimum absolute atomic E-state index is 0.370. The maximum absolute atomic E-state index is 8.69. The van der Waals surface area contributed by atoms with Gasteiger partial charge in [-0.3, -0.25) is 0 Å². The smallest absolute Gasteiger partial charge is 0.0431 e. The van der Waals surface area contributed by atoms with E-state index in [0.717, 1.165) is 6.42 Å². The van der Waals surface area contributed by atoms with E-state index in [9.17, 15) is 0 Å². The fourth-order valence-electron chi connectivity index (χ4n) is 2.64. The number of hydrogen-bond acceptors (Lipinski definition) is 2. The molecule has 0 aliphatic heterocycles. The molecule has 0 saturated heterocycles. The fourth-order valence-corrected chi connectivity index (χ4v) is 3.66. The van der Waals surface area contributed by atoms with Gasteiger partial charge in [-0.1, -0.05) is 84.0 Å². The summed E-state index contributed by atoms with van der Waals surface area (Å²) in [7, 11) is 0. The van der Waals surface area contributed by atoms with Gasteiger partial charge in [0.25, 0.3) is 0 Å². The monoisotopic (exact) mass is 316 g/mol. The Hall–Kier alpha value is 0.310. The molecule has 1 N–H and O–H groups in total. The molecule has 0 spiro atoms. The Kier molecular flexibility index (Phi) is 20.6. The van der Waals surface area contributed by atoms with E-state index < -0.39 is 0 Å². The van der Waals surface area contributed by atoms with Crippen molar-refractivity contribution in [3.8, 4) is 0 Å². The Morgan fingerprint density at radius 3 is 1.33 bits per heavy atom. The van der Waals surface area contributed by atoms with Gasteiger partial charge in [0.15, 0.2) is 0 Å². The molecule has 0 aromatic rings. The first-order valence-corrected chi connectivity index (χ1v) is 10.8. The first kappa shape index (κ1) is 21.3. The van der Waals surface area contributed by atoms with E-state index in [1.54, 1.807) is 0 Å². The zero-order chi connectivity index (χ0) is 15.4. The summed E-state index contributed by atoms with van der Waals surface area (Å²) in [6.07, 6.45) is 20.6. The molecule has 0 aliphatic carbocycles. The van der Waals surface area contributed by atoms with Gasteiger partial charge in [-0.25, -0.2) is 0 Å². The van der Waals surface area contributed by atoms with Crippen LogP contribution in [-0.2, 0) is 0 Å². The maximum atomic E-state index is 8.69. The van der Waals surface area contributed by atoms with Gasteiger partial charge in [-0.05, 0) is 30.8 Å². The lowest BCUT2D eigenvalue weighted by molar-refractivity contribution is 0.282. The largest absolute Gasteiger partial charge is 0.396 e. The van der Waals surface area contributed by atoms with Crippen molar-refractivity contribution in [1.82, 2.24) is 0 Å². The Morgan fingerprint density at radius 1 is 0.524 bits per heavy atom. The lowest BCUT2D eigenvalue weighted by Gasteiger charge is -2.03. The molecule has 0 aromatic carbocycles. The Morgan fingerprint density at radius 2 is 0.905 bits per heavy atom. The average Bonchev–Trinajstić information content (AvgIpc) is 2.50. The lowest BCUT2D eigenvalue weighted by atomic mass is 10.1. The van der Waals surface area contributed by atoms with Crippen LogP contribution in [0.15, 0.2) is 0 Å². The number of hydrogen-bond donors (Lipinski definition) is 1.